The average Bonchev–Trinajstić information content (AvgIpc) is 2.38. The van der Waals surface area contributed by atoms with Crippen molar-refractivity contribution in [3.05, 3.63) is 58.9 Å². The van der Waals surface area contributed by atoms with Gasteiger partial charge >= 0.3 is 0 Å². The number of primary sulfonamides is 1. The molecule has 0 aliphatic carbocycles. The van der Waals surface area contributed by atoms with Crippen molar-refractivity contribution in [2.24, 2.45) is 5.14 Å². The summed E-state index contributed by atoms with van der Waals surface area (Å²) in [5.41, 5.74) is 1.71. The summed E-state index contributed by atoms with van der Waals surface area (Å²) in [7, 11) is -3.75. The van der Waals surface area contributed by atoms with Crippen LogP contribution in [0, 0.1) is 19.7 Å². The van der Waals surface area contributed by atoms with Crippen LogP contribution in [0.3, 0.4) is 0 Å². The second-order valence-electron chi connectivity index (χ2n) is 4.81. The van der Waals surface area contributed by atoms with Crippen molar-refractivity contribution in [2.75, 3.05) is 0 Å². The average molecular weight is 309 g/mol. The molecule has 0 atom stereocenters. The summed E-state index contributed by atoms with van der Waals surface area (Å²) < 4.78 is 41.9. The molecule has 2 N–H and O–H groups in total. The van der Waals surface area contributed by atoms with Crippen molar-refractivity contribution >= 4 is 10.0 Å². The maximum Gasteiger partial charge on any atom is 0.238 e. The van der Waals surface area contributed by atoms with Crippen molar-refractivity contribution in [1.29, 1.82) is 0 Å². The number of hydrogen-bond donors (Lipinski definition) is 1. The Balaban J connectivity index is 2.28. The number of benzene rings is 2. The van der Waals surface area contributed by atoms with Crippen molar-refractivity contribution in [1.82, 2.24) is 0 Å². The molecule has 0 saturated carbocycles. The molecular formula is C15H16FNO3S. The van der Waals surface area contributed by atoms with E-state index in [4.69, 9.17) is 9.88 Å². The predicted molar refractivity (Wildman–Crippen MR) is 78.0 cm³/mol. The van der Waals surface area contributed by atoms with E-state index in [-0.39, 0.29) is 17.3 Å². The monoisotopic (exact) mass is 309 g/mol. The first kappa shape index (κ1) is 15.5. The highest BCUT2D eigenvalue weighted by atomic mass is 32.2. The topological polar surface area (TPSA) is 69.4 Å². The third-order valence-corrected chi connectivity index (χ3v) is 3.98. The molecule has 0 radical (unpaired) electrons. The molecule has 0 bridgehead atoms. The number of nitrogens with two attached hydrogens (primary N) is 1. The van der Waals surface area contributed by atoms with Gasteiger partial charge in [-0.15, -0.1) is 0 Å². The molecule has 0 fully saturated rings. The van der Waals surface area contributed by atoms with E-state index in [1.165, 1.54) is 18.2 Å². The van der Waals surface area contributed by atoms with E-state index in [1.807, 2.05) is 0 Å². The molecule has 0 spiro atoms. The summed E-state index contributed by atoms with van der Waals surface area (Å²) in [5, 5.41) is 5.11. The first-order valence-electron chi connectivity index (χ1n) is 6.29. The van der Waals surface area contributed by atoms with Gasteiger partial charge in [-0.1, -0.05) is 18.2 Å². The Morgan fingerprint density at radius 3 is 2.24 bits per heavy atom. The Morgan fingerprint density at radius 1 is 1.14 bits per heavy atom. The molecule has 0 unspecified atom stereocenters. The Bertz CT molecular complexity index is 749. The summed E-state index contributed by atoms with van der Waals surface area (Å²) in [6.07, 6.45) is 0. The summed E-state index contributed by atoms with van der Waals surface area (Å²) in [5.74, 6) is 0.194. The molecule has 2 aromatic carbocycles. The van der Waals surface area contributed by atoms with Gasteiger partial charge in [0.25, 0.3) is 0 Å². The van der Waals surface area contributed by atoms with E-state index in [0.29, 0.717) is 22.4 Å². The highest BCUT2D eigenvalue weighted by molar-refractivity contribution is 7.89. The second-order valence-corrected chi connectivity index (χ2v) is 6.37. The Kier molecular flexibility index (Phi) is 4.29. The lowest BCUT2D eigenvalue weighted by Crippen LogP contribution is -2.13. The highest BCUT2D eigenvalue weighted by Crippen LogP contribution is 2.27. The standard InChI is InChI=1S/C15H16FNO3S/c1-10-7-13(21(17,18)19)8-11(2)15(10)20-9-12-5-3-4-6-14(12)16/h3-8H,9H2,1-2H3,(H2,17,18,19). The fraction of sp³-hybridized carbons (Fsp3) is 0.200. The van der Waals surface area contributed by atoms with Gasteiger partial charge in [0.1, 0.15) is 18.2 Å². The van der Waals surface area contributed by atoms with Crippen molar-refractivity contribution < 1.29 is 17.5 Å². The number of ether oxygens (including phenoxy) is 1. The SMILES string of the molecule is Cc1cc(S(N)(=O)=O)cc(C)c1OCc1ccccc1F. The normalized spacial score (nSPS) is 11.4. The predicted octanol–water partition coefficient (Wildman–Crippen LogP) is 2.67. The van der Waals surface area contributed by atoms with Crippen LogP contribution in [0.4, 0.5) is 4.39 Å². The molecule has 0 amide bonds. The quantitative estimate of drug-likeness (QED) is 0.944. The summed E-state index contributed by atoms with van der Waals surface area (Å²) in [4.78, 5) is 0.0377. The first-order valence-corrected chi connectivity index (χ1v) is 7.84. The Hall–Kier alpha value is -1.92. The maximum absolute atomic E-state index is 13.5. The molecule has 2 rings (SSSR count). The second kappa shape index (κ2) is 5.83. The van der Waals surface area contributed by atoms with Crippen LogP contribution in [0.15, 0.2) is 41.3 Å². The molecule has 0 saturated heterocycles. The number of aryl methyl sites for hydroxylation is 2. The molecule has 6 heteroatoms. The van der Waals surface area contributed by atoms with Gasteiger partial charge in [0.05, 0.1) is 4.90 Å². The molecular weight excluding hydrogens is 293 g/mol. The van der Waals surface area contributed by atoms with Gasteiger partial charge in [-0.2, -0.15) is 0 Å². The van der Waals surface area contributed by atoms with Crippen LogP contribution in [-0.2, 0) is 16.6 Å². The molecule has 21 heavy (non-hydrogen) atoms. The molecule has 4 nitrogen and oxygen atoms in total. The summed E-state index contributed by atoms with van der Waals surface area (Å²) >= 11 is 0. The third-order valence-electron chi connectivity index (χ3n) is 3.09. The van der Waals surface area contributed by atoms with Crippen LogP contribution in [0.1, 0.15) is 16.7 Å². The first-order chi connectivity index (χ1) is 9.79. The zero-order chi connectivity index (χ0) is 15.6. The summed E-state index contributed by atoms with van der Waals surface area (Å²) in [6, 6.07) is 9.22. The minimum atomic E-state index is -3.75. The van der Waals surface area contributed by atoms with Crippen LogP contribution in [0.2, 0.25) is 0 Å². The lowest BCUT2D eigenvalue weighted by atomic mass is 10.1. The van der Waals surface area contributed by atoms with Gasteiger partial charge < -0.3 is 4.74 Å². The molecule has 0 aliphatic rings. The van der Waals surface area contributed by atoms with Gasteiger partial charge in [0.2, 0.25) is 10.0 Å². The van der Waals surface area contributed by atoms with Crippen LogP contribution in [0.5, 0.6) is 5.75 Å². The molecule has 0 heterocycles. The number of halogens is 1. The van der Waals surface area contributed by atoms with Gasteiger partial charge in [-0.05, 0) is 43.2 Å². The largest absolute Gasteiger partial charge is 0.488 e. The molecule has 0 aliphatic heterocycles. The van der Waals surface area contributed by atoms with Gasteiger partial charge in [0, 0.05) is 5.56 Å². The van der Waals surface area contributed by atoms with Crippen LogP contribution < -0.4 is 9.88 Å². The molecule has 2 aromatic rings. The lowest BCUT2D eigenvalue weighted by Gasteiger charge is -2.14. The van der Waals surface area contributed by atoms with Gasteiger partial charge in [-0.25, -0.2) is 17.9 Å². The zero-order valence-electron chi connectivity index (χ0n) is 11.8. The fourth-order valence-electron chi connectivity index (χ4n) is 2.07. The highest BCUT2D eigenvalue weighted by Gasteiger charge is 2.14. The third kappa shape index (κ3) is 3.59. The number of sulfonamides is 1. The minimum absolute atomic E-state index is 0.0377. The van der Waals surface area contributed by atoms with Gasteiger partial charge in [-0.3, -0.25) is 0 Å². The smallest absolute Gasteiger partial charge is 0.238 e. The fourth-order valence-corrected chi connectivity index (χ4v) is 2.75. The van der Waals surface area contributed by atoms with E-state index in [9.17, 15) is 12.8 Å². The number of hydrogen-bond acceptors (Lipinski definition) is 3. The lowest BCUT2D eigenvalue weighted by molar-refractivity contribution is 0.295. The number of rotatable bonds is 4. The van der Waals surface area contributed by atoms with Crippen LogP contribution >= 0.6 is 0 Å². The van der Waals surface area contributed by atoms with E-state index in [0.717, 1.165) is 0 Å². The van der Waals surface area contributed by atoms with E-state index < -0.39 is 10.0 Å². The van der Waals surface area contributed by atoms with E-state index in [2.05, 4.69) is 0 Å². The van der Waals surface area contributed by atoms with E-state index >= 15 is 0 Å². The van der Waals surface area contributed by atoms with Crippen molar-refractivity contribution in [2.45, 2.75) is 25.3 Å². The zero-order valence-corrected chi connectivity index (χ0v) is 12.6. The summed E-state index contributed by atoms with van der Waals surface area (Å²) in [6.45, 7) is 3.51. The van der Waals surface area contributed by atoms with Crippen LogP contribution in [0.25, 0.3) is 0 Å². The van der Waals surface area contributed by atoms with Crippen molar-refractivity contribution in [3.8, 4) is 5.75 Å². The van der Waals surface area contributed by atoms with Crippen LogP contribution in [-0.4, -0.2) is 8.42 Å². The molecule has 0 aromatic heterocycles. The Labute approximate surface area is 123 Å². The van der Waals surface area contributed by atoms with Gasteiger partial charge in [0.15, 0.2) is 0 Å². The minimum Gasteiger partial charge on any atom is -0.488 e. The van der Waals surface area contributed by atoms with E-state index in [1.54, 1.807) is 32.0 Å². The molecule has 112 valence electrons. The van der Waals surface area contributed by atoms with Crippen molar-refractivity contribution in [3.63, 3.8) is 0 Å². The Morgan fingerprint density at radius 2 is 1.71 bits per heavy atom. The maximum atomic E-state index is 13.5.